The van der Waals surface area contributed by atoms with Gasteiger partial charge in [0.15, 0.2) is 5.82 Å². The van der Waals surface area contributed by atoms with E-state index in [1.807, 2.05) is 18.2 Å². The minimum atomic E-state index is 0.487. The van der Waals surface area contributed by atoms with Crippen molar-refractivity contribution in [3.05, 3.63) is 34.2 Å². The highest BCUT2D eigenvalue weighted by Gasteiger charge is 2.04. The lowest BCUT2D eigenvalue weighted by atomic mass is 10.3. The average molecular weight is 298 g/mol. The molecule has 2 aromatic rings. The number of anilines is 1. The molecule has 2 aromatic heterocycles. The summed E-state index contributed by atoms with van der Waals surface area (Å²) in [6, 6.07) is 5.58. The van der Waals surface area contributed by atoms with E-state index in [0.717, 1.165) is 9.26 Å². The molecule has 14 heavy (non-hydrogen) atoms. The van der Waals surface area contributed by atoms with Crippen molar-refractivity contribution in [2.45, 2.75) is 0 Å². The number of nitrogens with two attached hydrogens (primary N) is 1. The summed E-state index contributed by atoms with van der Waals surface area (Å²) >= 11 is 2.09. The quantitative estimate of drug-likeness (QED) is 0.814. The molecular weight excluding hydrogens is 291 g/mol. The summed E-state index contributed by atoms with van der Waals surface area (Å²) in [6.45, 7) is 0. The lowest BCUT2D eigenvalue weighted by molar-refractivity contribution is 1.13. The van der Waals surface area contributed by atoms with Gasteiger partial charge in [0.1, 0.15) is 11.5 Å². The van der Waals surface area contributed by atoms with E-state index < -0.39 is 0 Å². The van der Waals surface area contributed by atoms with E-state index in [1.54, 1.807) is 12.4 Å². The van der Waals surface area contributed by atoms with E-state index in [-0.39, 0.29) is 0 Å². The van der Waals surface area contributed by atoms with Gasteiger partial charge in [-0.25, -0.2) is 9.97 Å². The second-order valence-electron chi connectivity index (χ2n) is 2.64. The van der Waals surface area contributed by atoms with Crippen molar-refractivity contribution < 1.29 is 0 Å². The molecule has 2 rings (SSSR count). The molecule has 2 N–H and O–H groups in total. The Balaban J connectivity index is 2.48. The van der Waals surface area contributed by atoms with Crippen LogP contribution in [-0.2, 0) is 0 Å². The molecule has 0 bridgehead atoms. The lowest BCUT2D eigenvalue weighted by Gasteiger charge is -2.00. The highest BCUT2D eigenvalue weighted by molar-refractivity contribution is 14.1. The van der Waals surface area contributed by atoms with E-state index in [0.29, 0.717) is 11.6 Å². The molecule has 0 saturated heterocycles. The molecule has 70 valence electrons. The average Bonchev–Trinajstić information content (AvgIpc) is 2.23. The van der Waals surface area contributed by atoms with Crippen LogP contribution in [0.1, 0.15) is 0 Å². The molecule has 0 saturated carbocycles. The molecule has 0 atom stereocenters. The van der Waals surface area contributed by atoms with Crippen molar-refractivity contribution in [2.75, 3.05) is 5.73 Å². The van der Waals surface area contributed by atoms with Crippen LogP contribution in [0.3, 0.4) is 0 Å². The maximum atomic E-state index is 5.67. The number of hydrogen-bond acceptors (Lipinski definition) is 4. The first kappa shape index (κ1) is 9.32. The summed E-state index contributed by atoms with van der Waals surface area (Å²) in [4.78, 5) is 12.4. The monoisotopic (exact) mass is 298 g/mol. The number of hydrogen-bond donors (Lipinski definition) is 1. The van der Waals surface area contributed by atoms with E-state index in [2.05, 4.69) is 37.5 Å². The van der Waals surface area contributed by atoms with Gasteiger partial charge < -0.3 is 5.73 Å². The second-order valence-corrected chi connectivity index (χ2v) is 3.80. The normalized spacial score (nSPS) is 10.1. The maximum absolute atomic E-state index is 5.67. The number of aromatic nitrogens is 3. The Morgan fingerprint density at radius 2 is 2.07 bits per heavy atom. The standard InChI is InChI=1S/C9H7IN4/c10-6-5-13-9(14-8(6)11)7-3-1-2-4-12-7/h1-5H,(H2,11,13,14). The molecule has 0 amide bonds. The van der Waals surface area contributed by atoms with Crippen molar-refractivity contribution in [1.82, 2.24) is 15.0 Å². The third-order valence-corrected chi connectivity index (χ3v) is 2.50. The van der Waals surface area contributed by atoms with Crippen molar-refractivity contribution in [3.63, 3.8) is 0 Å². The maximum Gasteiger partial charge on any atom is 0.180 e. The van der Waals surface area contributed by atoms with Gasteiger partial charge in [0, 0.05) is 12.4 Å². The smallest absolute Gasteiger partial charge is 0.180 e. The van der Waals surface area contributed by atoms with Crippen LogP contribution in [0, 0.1) is 3.57 Å². The second kappa shape index (κ2) is 3.87. The van der Waals surface area contributed by atoms with Gasteiger partial charge in [-0.15, -0.1) is 0 Å². The molecule has 0 unspecified atom stereocenters. The van der Waals surface area contributed by atoms with Crippen LogP contribution >= 0.6 is 22.6 Å². The molecular formula is C9H7IN4. The van der Waals surface area contributed by atoms with Gasteiger partial charge in [0.05, 0.1) is 3.57 Å². The molecule has 0 radical (unpaired) electrons. The predicted octanol–water partition coefficient (Wildman–Crippen LogP) is 1.73. The number of nitrogen functional groups attached to an aromatic ring is 1. The van der Waals surface area contributed by atoms with E-state index >= 15 is 0 Å². The van der Waals surface area contributed by atoms with Crippen LogP contribution in [-0.4, -0.2) is 15.0 Å². The summed E-state index contributed by atoms with van der Waals surface area (Å²) in [5.41, 5.74) is 6.40. The van der Waals surface area contributed by atoms with Crippen molar-refractivity contribution in [3.8, 4) is 11.5 Å². The summed E-state index contributed by atoms with van der Waals surface area (Å²) in [7, 11) is 0. The third-order valence-electron chi connectivity index (χ3n) is 1.67. The van der Waals surface area contributed by atoms with Crippen LogP contribution in [0.2, 0.25) is 0 Å². The Labute approximate surface area is 94.7 Å². The molecule has 5 heteroatoms. The van der Waals surface area contributed by atoms with Gasteiger partial charge in [-0.2, -0.15) is 0 Å². The number of halogens is 1. The molecule has 0 spiro atoms. The zero-order chi connectivity index (χ0) is 9.97. The molecule has 0 aliphatic heterocycles. The zero-order valence-electron chi connectivity index (χ0n) is 7.18. The summed E-state index contributed by atoms with van der Waals surface area (Å²) in [6.07, 6.45) is 3.39. The Kier molecular flexibility index (Phi) is 2.58. The Hall–Kier alpha value is -1.24. The Bertz CT molecular complexity index is 444. The lowest BCUT2D eigenvalue weighted by Crippen LogP contribution is -1.98. The summed E-state index contributed by atoms with van der Waals surface area (Å²) < 4.78 is 0.849. The first-order valence-electron chi connectivity index (χ1n) is 3.97. The van der Waals surface area contributed by atoms with Crippen molar-refractivity contribution in [1.29, 1.82) is 0 Å². The predicted molar refractivity (Wildman–Crippen MR) is 62.4 cm³/mol. The number of rotatable bonds is 1. The highest BCUT2D eigenvalue weighted by atomic mass is 127. The number of pyridine rings is 1. The van der Waals surface area contributed by atoms with Crippen molar-refractivity contribution >= 4 is 28.4 Å². The zero-order valence-corrected chi connectivity index (χ0v) is 9.34. The van der Waals surface area contributed by atoms with E-state index in [4.69, 9.17) is 5.73 Å². The fourth-order valence-electron chi connectivity index (χ4n) is 0.999. The SMILES string of the molecule is Nc1nc(-c2ccccn2)ncc1I. The molecule has 4 nitrogen and oxygen atoms in total. The molecule has 0 aromatic carbocycles. The van der Waals surface area contributed by atoms with Gasteiger partial charge in [-0.05, 0) is 34.7 Å². The topological polar surface area (TPSA) is 64.7 Å². The summed E-state index contributed by atoms with van der Waals surface area (Å²) in [5.74, 6) is 1.05. The van der Waals surface area contributed by atoms with Crippen LogP contribution in [0.4, 0.5) is 5.82 Å². The van der Waals surface area contributed by atoms with Gasteiger partial charge in [0.25, 0.3) is 0 Å². The van der Waals surface area contributed by atoms with Crippen LogP contribution in [0.25, 0.3) is 11.5 Å². The summed E-state index contributed by atoms with van der Waals surface area (Å²) in [5, 5.41) is 0. The largest absolute Gasteiger partial charge is 0.383 e. The fourth-order valence-corrected chi connectivity index (χ4v) is 1.26. The first-order valence-corrected chi connectivity index (χ1v) is 5.04. The molecule has 0 fully saturated rings. The minimum Gasteiger partial charge on any atom is -0.383 e. The Morgan fingerprint density at radius 3 is 2.71 bits per heavy atom. The van der Waals surface area contributed by atoms with Gasteiger partial charge in [-0.3, -0.25) is 4.98 Å². The highest BCUT2D eigenvalue weighted by Crippen LogP contribution is 2.15. The molecule has 2 heterocycles. The molecule has 0 aliphatic rings. The number of nitrogens with zero attached hydrogens (tertiary/aromatic N) is 3. The Morgan fingerprint density at radius 1 is 1.21 bits per heavy atom. The first-order chi connectivity index (χ1) is 6.77. The van der Waals surface area contributed by atoms with Gasteiger partial charge >= 0.3 is 0 Å². The fraction of sp³-hybridized carbons (Fsp3) is 0. The third kappa shape index (κ3) is 1.82. The molecule has 0 aliphatic carbocycles. The van der Waals surface area contributed by atoms with E-state index in [9.17, 15) is 0 Å². The minimum absolute atomic E-state index is 0.487. The van der Waals surface area contributed by atoms with Crippen molar-refractivity contribution in [2.24, 2.45) is 0 Å². The van der Waals surface area contributed by atoms with Gasteiger partial charge in [-0.1, -0.05) is 6.07 Å². The van der Waals surface area contributed by atoms with E-state index in [1.165, 1.54) is 0 Å². The van der Waals surface area contributed by atoms with Crippen LogP contribution < -0.4 is 5.73 Å². The van der Waals surface area contributed by atoms with Crippen LogP contribution in [0.15, 0.2) is 30.6 Å². The van der Waals surface area contributed by atoms with Crippen LogP contribution in [0.5, 0.6) is 0 Å². The van der Waals surface area contributed by atoms with Gasteiger partial charge in [0.2, 0.25) is 0 Å².